The van der Waals surface area contributed by atoms with Crippen molar-refractivity contribution in [1.29, 1.82) is 0 Å². The highest BCUT2D eigenvalue weighted by Crippen LogP contribution is 2.20. The number of aryl methyl sites for hydroxylation is 2. The van der Waals surface area contributed by atoms with Crippen molar-refractivity contribution >= 4 is 27.4 Å². The van der Waals surface area contributed by atoms with Crippen LogP contribution in [0.25, 0.3) is 0 Å². The van der Waals surface area contributed by atoms with Crippen molar-refractivity contribution in [3.63, 3.8) is 0 Å². The van der Waals surface area contributed by atoms with E-state index in [-0.39, 0.29) is 5.78 Å². The van der Waals surface area contributed by atoms with Gasteiger partial charge in [0.05, 0.1) is 6.54 Å². The van der Waals surface area contributed by atoms with Crippen LogP contribution in [0.2, 0.25) is 0 Å². The second-order valence-corrected chi connectivity index (χ2v) is 5.99. The molecule has 2 aromatic rings. The number of carbonyl (C=O) groups is 1. The largest absolute Gasteiger partial charge is 0.367 e. The van der Waals surface area contributed by atoms with Crippen LogP contribution in [-0.2, 0) is 0 Å². The van der Waals surface area contributed by atoms with Gasteiger partial charge >= 0.3 is 0 Å². The summed E-state index contributed by atoms with van der Waals surface area (Å²) in [6.45, 7) is 4.53. The lowest BCUT2D eigenvalue weighted by molar-refractivity contribution is 0.100. The number of rotatable bonds is 4. The zero-order chi connectivity index (χ0) is 14.7. The minimum Gasteiger partial charge on any atom is -0.367 e. The molecule has 0 heterocycles. The third kappa shape index (κ3) is 3.48. The molecule has 0 saturated heterocycles. The van der Waals surface area contributed by atoms with Gasteiger partial charge in [-0.1, -0.05) is 45.8 Å². The predicted molar refractivity (Wildman–Crippen MR) is 87.7 cm³/mol. The molecule has 104 valence electrons. The Hall–Kier alpha value is -1.61. The van der Waals surface area contributed by atoms with E-state index in [0.717, 1.165) is 15.7 Å². The maximum Gasteiger partial charge on any atom is 0.182 e. The van der Waals surface area contributed by atoms with Crippen LogP contribution in [0.1, 0.15) is 21.5 Å². The molecule has 0 bridgehead atoms. The van der Waals surface area contributed by atoms with Crippen LogP contribution in [0, 0.1) is 13.8 Å². The molecule has 0 N–H and O–H groups in total. The summed E-state index contributed by atoms with van der Waals surface area (Å²) in [5.41, 5.74) is 4.26. The molecule has 0 aliphatic carbocycles. The molecule has 0 atom stereocenters. The second-order valence-electron chi connectivity index (χ2n) is 5.08. The first-order valence-electron chi connectivity index (χ1n) is 6.54. The lowest BCUT2D eigenvalue weighted by Gasteiger charge is -2.21. The third-order valence-corrected chi connectivity index (χ3v) is 3.84. The van der Waals surface area contributed by atoms with Crippen LogP contribution in [0.15, 0.2) is 46.9 Å². The molecule has 0 spiro atoms. The Morgan fingerprint density at radius 3 is 2.35 bits per heavy atom. The Labute approximate surface area is 128 Å². The minimum absolute atomic E-state index is 0.125. The standard InChI is InChI=1S/C17H18BrNO/c1-12-4-9-16(13(2)10-12)19(3)11-17(20)14-5-7-15(18)8-6-14/h4-10H,11H2,1-3H3. The summed E-state index contributed by atoms with van der Waals surface area (Å²) >= 11 is 3.38. The molecular weight excluding hydrogens is 314 g/mol. The van der Waals surface area contributed by atoms with E-state index in [1.165, 1.54) is 11.1 Å². The summed E-state index contributed by atoms with van der Waals surface area (Å²) in [7, 11) is 1.95. The highest BCUT2D eigenvalue weighted by molar-refractivity contribution is 9.10. The van der Waals surface area contributed by atoms with Gasteiger partial charge in [-0.25, -0.2) is 0 Å². The zero-order valence-electron chi connectivity index (χ0n) is 12.0. The van der Waals surface area contributed by atoms with E-state index in [0.29, 0.717) is 6.54 Å². The maximum atomic E-state index is 12.3. The van der Waals surface area contributed by atoms with Crippen molar-refractivity contribution in [2.45, 2.75) is 13.8 Å². The summed E-state index contributed by atoms with van der Waals surface area (Å²) in [6, 6.07) is 13.8. The molecule has 2 aromatic carbocycles. The molecule has 0 radical (unpaired) electrons. The Morgan fingerprint density at radius 2 is 1.75 bits per heavy atom. The number of carbonyl (C=O) groups excluding carboxylic acids is 1. The first-order valence-corrected chi connectivity index (χ1v) is 7.34. The van der Waals surface area contributed by atoms with Gasteiger partial charge in [0.25, 0.3) is 0 Å². The lowest BCUT2D eigenvalue weighted by Crippen LogP contribution is -2.26. The summed E-state index contributed by atoms with van der Waals surface area (Å²) in [5, 5.41) is 0. The highest BCUT2D eigenvalue weighted by atomic mass is 79.9. The number of nitrogens with zero attached hydrogens (tertiary/aromatic N) is 1. The molecule has 0 aliphatic heterocycles. The lowest BCUT2D eigenvalue weighted by atomic mass is 10.1. The number of benzene rings is 2. The van der Waals surface area contributed by atoms with Gasteiger partial charge in [0.1, 0.15) is 0 Å². The van der Waals surface area contributed by atoms with Crippen LogP contribution in [0.5, 0.6) is 0 Å². The molecular formula is C17H18BrNO. The van der Waals surface area contributed by atoms with Gasteiger partial charge < -0.3 is 4.90 Å². The molecule has 2 rings (SSSR count). The summed E-state index contributed by atoms with van der Waals surface area (Å²) in [6.07, 6.45) is 0. The number of likely N-dealkylation sites (N-methyl/N-ethyl adjacent to an activating group) is 1. The minimum atomic E-state index is 0.125. The molecule has 0 unspecified atom stereocenters. The quantitative estimate of drug-likeness (QED) is 0.774. The van der Waals surface area contributed by atoms with Crippen molar-refractivity contribution in [2.24, 2.45) is 0 Å². The van der Waals surface area contributed by atoms with Gasteiger partial charge in [-0.2, -0.15) is 0 Å². The normalized spacial score (nSPS) is 10.4. The Morgan fingerprint density at radius 1 is 1.10 bits per heavy atom. The highest BCUT2D eigenvalue weighted by Gasteiger charge is 2.11. The van der Waals surface area contributed by atoms with Crippen molar-refractivity contribution < 1.29 is 4.79 Å². The third-order valence-electron chi connectivity index (χ3n) is 3.31. The van der Waals surface area contributed by atoms with E-state index >= 15 is 0 Å². The Kier molecular flexibility index (Phi) is 4.61. The predicted octanol–water partition coefficient (Wildman–Crippen LogP) is 4.39. The molecule has 20 heavy (non-hydrogen) atoms. The van der Waals surface area contributed by atoms with Crippen molar-refractivity contribution in [3.8, 4) is 0 Å². The van der Waals surface area contributed by atoms with E-state index in [4.69, 9.17) is 0 Å². The van der Waals surface area contributed by atoms with Crippen LogP contribution in [-0.4, -0.2) is 19.4 Å². The van der Waals surface area contributed by atoms with E-state index in [1.54, 1.807) is 0 Å². The average molecular weight is 332 g/mol. The SMILES string of the molecule is Cc1ccc(N(C)CC(=O)c2ccc(Br)cc2)c(C)c1. The fourth-order valence-corrected chi connectivity index (χ4v) is 2.53. The van der Waals surface area contributed by atoms with Crippen molar-refractivity contribution in [1.82, 2.24) is 0 Å². The topological polar surface area (TPSA) is 20.3 Å². The van der Waals surface area contributed by atoms with Gasteiger partial charge in [0.2, 0.25) is 0 Å². The molecule has 0 amide bonds. The molecule has 2 nitrogen and oxygen atoms in total. The Bertz CT molecular complexity index is 619. The van der Waals surface area contributed by atoms with Gasteiger partial charge in [-0.3, -0.25) is 4.79 Å². The monoisotopic (exact) mass is 331 g/mol. The van der Waals surface area contributed by atoms with Gasteiger partial charge in [0, 0.05) is 22.8 Å². The van der Waals surface area contributed by atoms with Crippen molar-refractivity contribution in [3.05, 3.63) is 63.6 Å². The number of ketones is 1. The zero-order valence-corrected chi connectivity index (χ0v) is 13.6. The van der Waals surface area contributed by atoms with E-state index in [2.05, 4.69) is 48.0 Å². The first-order chi connectivity index (χ1) is 9.47. The number of anilines is 1. The van der Waals surface area contributed by atoms with E-state index in [9.17, 15) is 4.79 Å². The van der Waals surface area contributed by atoms with Gasteiger partial charge in [-0.15, -0.1) is 0 Å². The summed E-state index contributed by atoms with van der Waals surface area (Å²) < 4.78 is 0.983. The molecule has 0 aromatic heterocycles. The summed E-state index contributed by atoms with van der Waals surface area (Å²) in [5.74, 6) is 0.125. The van der Waals surface area contributed by atoms with Crippen LogP contribution >= 0.6 is 15.9 Å². The fraction of sp³-hybridized carbons (Fsp3) is 0.235. The van der Waals surface area contributed by atoms with Gasteiger partial charge in [0.15, 0.2) is 5.78 Å². The van der Waals surface area contributed by atoms with Gasteiger partial charge in [-0.05, 0) is 37.6 Å². The van der Waals surface area contributed by atoms with E-state index < -0.39 is 0 Å². The van der Waals surface area contributed by atoms with Crippen LogP contribution < -0.4 is 4.90 Å². The Balaban J connectivity index is 2.12. The van der Waals surface area contributed by atoms with Crippen LogP contribution in [0.3, 0.4) is 0 Å². The fourth-order valence-electron chi connectivity index (χ4n) is 2.26. The molecule has 0 saturated carbocycles. The number of hydrogen-bond acceptors (Lipinski definition) is 2. The molecule has 0 fully saturated rings. The smallest absolute Gasteiger partial charge is 0.182 e. The summed E-state index contributed by atoms with van der Waals surface area (Å²) in [4.78, 5) is 14.3. The average Bonchev–Trinajstić information content (AvgIpc) is 2.39. The number of Topliss-reactive ketones (excluding diaryl/α,β-unsaturated/α-hetero) is 1. The number of halogens is 1. The van der Waals surface area contributed by atoms with Crippen molar-refractivity contribution in [2.75, 3.05) is 18.5 Å². The maximum absolute atomic E-state index is 12.3. The first kappa shape index (κ1) is 14.8. The second kappa shape index (κ2) is 6.23. The van der Waals surface area contributed by atoms with Crippen LogP contribution in [0.4, 0.5) is 5.69 Å². The number of hydrogen-bond donors (Lipinski definition) is 0. The molecule has 3 heteroatoms. The molecule has 0 aliphatic rings. The van der Waals surface area contributed by atoms with E-state index in [1.807, 2.05) is 36.2 Å².